The third kappa shape index (κ3) is 3.57. The fourth-order valence-corrected chi connectivity index (χ4v) is 6.55. The van der Waals surface area contributed by atoms with E-state index in [0.717, 1.165) is 58.7 Å². The minimum absolute atomic E-state index is 0.126. The zero-order valence-corrected chi connectivity index (χ0v) is 19.8. The van der Waals surface area contributed by atoms with E-state index in [2.05, 4.69) is 24.0 Å². The van der Waals surface area contributed by atoms with E-state index in [4.69, 9.17) is 9.97 Å². The highest BCUT2D eigenvalue weighted by Gasteiger charge is 2.28. The van der Waals surface area contributed by atoms with E-state index in [1.807, 2.05) is 46.6 Å². The SMILES string of the molecule is CCc1nc(N2CCN(C(=O)c3cccc4ccccc34)CC2)c2c3c(sc2n1)CCCC3. The van der Waals surface area contributed by atoms with Gasteiger partial charge in [-0.3, -0.25) is 4.79 Å². The monoisotopic (exact) mass is 456 g/mol. The molecule has 1 fully saturated rings. The molecule has 1 saturated heterocycles. The molecule has 1 aliphatic carbocycles. The Labute approximate surface area is 198 Å². The van der Waals surface area contributed by atoms with Crippen LogP contribution in [0.25, 0.3) is 21.0 Å². The largest absolute Gasteiger partial charge is 0.352 e. The smallest absolute Gasteiger partial charge is 0.254 e. The predicted molar refractivity (Wildman–Crippen MR) is 135 cm³/mol. The number of hydrogen-bond donors (Lipinski definition) is 0. The Bertz CT molecular complexity index is 1350. The Balaban J connectivity index is 1.29. The number of carbonyl (C=O) groups excluding carboxylic acids is 1. The van der Waals surface area contributed by atoms with Crippen molar-refractivity contribution >= 4 is 44.1 Å². The van der Waals surface area contributed by atoms with Gasteiger partial charge in [-0.2, -0.15) is 0 Å². The maximum absolute atomic E-state index is 13.4. The number of fused-ring (bicyclic) bond motifs is 4. The molecule has 0 unspecified atom stereocenters. The van der Waals surface area contributed by atoms with Gasteiger partial charge in [-0.1, -0.05) is 43.3 Å². The summed E-state index contributed by atoms with van der Waals surface area (Å²) in [4.78, 5) is 30.3. The molecule has 4 aromatic rings. The summed E-state index contributed by atoms with van der Waals surface area (Å²) in [7, 11) is 0. The van der Waals surface area contributed by atoms with Crippen LogP contribution in [0.3, 0.4) is 0 Å². The lowest BCUT2D eigenvalue weighted by Crippen LogP contribution is -2.49. The normalized spacial score (nSPS) is 16.4. The molecule has 5 nitrogen and oxygen atoms in total. The summed E-state index contributed by atoms with van der Waals surface area (Å²) in [6.45, 7) is 5.15. The molecule has 0 saturated carbocycles. The van der Waals surface area contributed by atoms with Crippen molar-refractivity contribution < 1.29 is 4.79 Å². The molecule has 6 rings (SSSR count). The number of rotatable bonds is 3. The lowest BCUT2D eigenvalue weighted by molar-refractivity contribution is 0.0748. The van der Waals surface area contributed by atoms with Crippen molar-refractivity contribution in [3.8, 4) is 0 Å². The van der Waals surface area contributed by atoms with E-state index in [9.17, 15) is 4.79 Å². The van der Waals surface area contributed by atoms with Crippen molar-refractivity contribution in [2.75, 3.05) is 31.1 Å². The average molecular weight is 457 g/mol. The third-order valence-corrected chi connectivity index (χ3v) is 8.23. The van der Waals surface area contributed by atoms with E-state index in [1.54, 1.807) is 0 Å². The van der Waals surface area contributed by atoms with Crippen molar-refractivity contribution in [2.45, 2.75) is 39.0 Å². The first-order valence-corrected chi connectivity index (χ1v) is 12.9. The van der Waals surface area contributed by atoms with Crippen LogP contribution < -0.4 is 4.90 Å². The first-order chi connectivity index (χ1) is 16.2. The maximum atomic E-state index is 13.4. The van der Waals surface area contributed by atoms with E-state index in [-0.39, 0.29) is 5.91 Å². The van der Waals surface area contributed by atoms with Gasteiger partial charge >= 0.3 is 0 Å². The molecular formula is C27H28N4OS. The quantitative estimate of drug-likeness (QED) is 0.423. The summed E-state index contributed by atoms with van der Waals surface area (Å²) in [6, 6.07) is 14.1. The van der Waals surface area contributed by atoms with Crippen LogP contribution >= 0.6 is 11.3 Å². The van der Waals surface area contributed by atoms with Crippen LogP contribution in [0.4, 0.5) is 5.82 Å². The highest BCUT2D eigenvalue weighted by Crippen LogP contribution is 2.40. The number of piperazine rings is 1. The maximum Gasteiger partial charge on any atom is 0.254 e. The third-order valence-electron chi connectivity index (χ3n) is 7.04. The predicted octanol–water partition coefficient (Wildman–Crippen LogP) is 5.25. The highest BCUT2D eigenvalue weighted by atomic mass is 32.1. The zero-order chi connectivity index (χ0) is 22.4. The van der Waals surface area contributed by atoms with Gasteiger partial charge in [0.25, 0.3) is 5.91 Å². The molecule has 33 heavy (non-hydrogen) atoms. The van der Waals surface area contributed by atoms with E-state index < -0.39 is 0 Å². The van der Waals surface area contributed by atoms with Crippen molar-refractivity contribution in [3.05, 3.63) is 64.3 Å². The van der Waals surface area contributed by atoms with Crippen LogP contribution in [0.1, 0.15) is 46.4 Å². The van der Waals surface area contributed by atoms with Crippen LogP contribution in [0, 0.1) is 0 Å². The van der Waals surface area contributed by atoms with Crippen LogP contribution in [0.5, 0.6) is 0 Å². The summed E-state index contributed by atoms with van der Waals surface area (Å²) in [6.07, 6.45) is 5.67. The molecular weight excluding hydrogens is 428 g/mol. The van der Waals surface area contributed by atoms with Crippen molar-refractivity contribution in [2.24, 2.45) is 0 Å². The lowest BCUT2D eigenvalue weighted by Gasteiger charge is -2.36. The minimum atomic E-state index is 0.126. The highest BCUT2D eigenvalue weighted by molar-refractivity contribution is 7.19. The zero-order valence-electron chi connectivity index (χ0n) is 19.0. The van der Waals surface area contributed by atoms with Crippen LogP contribution in [0.2, 0.25) is 0 Å². The summed E-state index contributed by atoms with van der Waals surface area (Å²) >= 11 is 1.87. The first kappa shape index (κ1) is 20.6. The molecule has 0 spiro atoms. The number of anilines is 1. The number of hydrogen-bond acceptors (Lipinski definition) is 5. The van der Waals surface area contributed by atoms with Crippen molar-refractivity contribution in [1.29, 1.82) is 0 Å². The second kappa shape index (κ2) is 8.41. The Morgan fingerprint density at radius 1 is 0.970 bits per heavy atom. The molecule has 3 heterocycles. The van der Waals surface area contributed by atoms with Gasteiger partial charge in [-0.15, -0.1) is 11.3 Å². The van der Waals surface area contributed by atoms with Gasteiger partial charge in [0.15, 0.2) is 0 Å². The van der Waals surface area contributed by atoms with E-state index in [0.29, 0.717) is 13.1 Å². The van der Waals surface area contributed by atoms with Crippen molar-refractivity contribution in [3.63, 3.8) is 0 Å². The van der Waals surface area contributed by atoms with Crippen LogP contribution in [0.15, 0.2) is 42.5 Å². The number of aromatic nitrogens is 2. The summed E-state index contributed by atoms with van der Waals surface area (Å²) < 4.78 is 0. The number of thiophene rings is 1. The first-order valence-electron chi connectivity index (χ1n) is 12.1. The Hall–Kier alpha value is -2.99. The molecule has 0 bridgehead atoms. The number of nitrogens with zero attached hydrogens (tertiary/aromatic N) is 4. The molecule has 0 atom stereocenters. The van der Waals surface area contributed by atoms with Crippen molar-refractivity contribution in [1.82, 2.24) is 14.9 Å². The van der Waals surface area contributed by atoms with Gasteiger partial charge in [0.05, 0.1) is 5.39 Å². The summed E-state index contributed by atoms with van der Waals surface area (Å²) in [5.74, 6) is 2.14. The van der Waals surface area contributed by atoms with E-state index >= 15 is 0 Å². The standard InChI is InChI=1S/C27H28N4OS/c1-2-23-28-25(24-21-11-5-6-13-22(21)33-26(24)29-23)30-14-16-31(17-15-30)27(32)20-12-7-9-18-8-3-4-10-19(18)20/h3-4,7-10,12H,2,5-6,11,13-17H2,1H3. The topological polar surface area (TPSA) is 49.3 Å². The molecule has 168 valence electrons. The average Bonchev–Trinajstić information content (AvgIpc) is 3.26. The van der Waals surface area contributed by atoms with Gasteiger partial charge in [0.2, 0.25) is 0 Å². The number of benzene rings is 2. The second-order valence-electron chi connectivity index (χ2n) is 9.01. The van der Waals surface area contributed by atoms with Gasteiger partial charge in [0, 0.05) is 43.0 Å². The fraction of sp³-hybridized carbons (Fsp3) is 0.370. The summed E-state index contributed by atoms with van der Waals surface area (Å²) in [5, 5.41) is 3.42. The number of carbonyl (C=O) groups is 1. The number of amides is 1. The van der Waals surface area contributed by atoms with E-state index in [1.165, 1.54) is 35.1 Å². The molecule has 1 aliphatic heterocycles. The molecule has 2 aromatic heterocycles. The van der Waals surface area contributed by atoms with Crippen LogP contribution in [-0.2, 0) is 19.3 Å². The molecule has 1 amide bonds. The van der Waals surface area contributed by atoms with Gasteiger partial charge in [-0.25, -0.2) is 9.97 Å². The molecule has 0 N–H and O–H groups in total. The summed E-state index contributed by atoms with van der Waals surface area (Å²) in [5.41, 5.74) is 2.28. The van der Waals surface area contributed by atoms with Gasteiger partial charge in [0.1, 0.15) is 16.5 Å². The molecule has 6 heteroatoms. The fourth-order valence-electron chi connectivity index (χ4n) is 5.27. The van der Waals surface area contributed by atoms with Gasteiger partial charge < -0.3 is 9.80 Å². The lowest BCUT2D eigenvalue weighted by atomic mass is 9.97. The Kier molecular flexibility index (Phi) is 5.25. The number of aryl methyl sites for hydroxylation is 3. The minimum Gasteiger partial charge on any atom is -0.352 e. The molecule has 0 radical (unpaired) electrons. The molecule has 2 aromatic carbocycles. The Morgan fingerprint density at radius 2 is 1.76 bits per heavy atom. The molecule has 2 aliphatic rings. The second-order valence-corrected chi connectivity index (χ2v) is 10.1. The van der Waals surface area contributed by atoms with Crippen LogP contribution in [-0.4, -0.2) is 47.0 Å². The van der Waals surface area contributed by atoms with Gasteiger partial charge in [-0.05, 0) is 48.1 Å². The Morgan fingerprint density at radius 3 is 2.61 bits per heavy atom.